The van der Waals surface area contributed by atoms with Gasteiger partial charge >= 0.3 is 5.97 Å². The number of carbonyl (C=O) groups excluding carboxylic acids is 2. The van der Waals surface area contributed by atoms with Gasteiger partial charge in [0.2, 0.25) is 5.91 Å². The Morgan fingerprint density at radius 1 is 1.26 bits per heavy atom. The summed E-state index contributed by atoms with van der Waals surface area (Å²) in [6.45, 7) is 2.45. The maximum Gasteiger partial charge on any atom is 0.338 e. The normalized spacial score (nSPS) is 15.7. The van der Waals surface area contributed by atoms with Crippen LogP contribution in [0.2, 0.25) is 0 Å². The lowest BCUT2D eigenvalue weighted by Gasteiger charge is -2.19. The van der Waals surface area contributed by atoms with Crippen molar-refractivity contribution < 1.29 is 14.3 Å². The van der Waals surface area contributed by atoms with E-state index < -0.39 is 5.41 Å². The number of esters is 1. The molecule has 0 bridgehead atoms. The van der Waals surface area contributed by atoms with Gasteiger partial charge in [-0.15, -0.1) is 0 Å². The monoisotopic (exact) mass is 314 g/mol. The summed E-state index contributed by atoms with van der Waals surface area (Å²) in [4.78, 5) is 24.1. The van der Waals surface area contributed by atoms with Crippen LogP contribution in [0, 0.1) is 16.7 Å². The first-order valence-electron chi connectivity index (χ1n) is 8.11. The molecule has 1 N–H and O–H groups in total. The molecular weight excluding hydrogens is 292 g/mol. The second-order valence-corrected chi connectivity index (χ2v) is 5.92. The van der Waals surface area contributed by atoms with Crippen LogP contribution in [0.4, 0.5) is 5.69 Å². The third-order valence-electron chi connectivity index (χ3n) is 4.22. The lowest BCUT2D eigenvalue weighted by molar-refractivity contribution is -0.122. The Morgan fingerprint density at radius 3 is 2.48 bits per heavy atom. The van der Waals surface area contributed by atoms with Crippen LogP contribution < -0.4 is 5.32 Å². The van der Waals surface area contributed by atoms with Crippen LogP contribution in [0.1, 0.15) is 55.8 Å². The van der Waals surface area contributed by atoms with Gasteiger partial charge in [0.25, 0.3) is 0 Å². The summed E-state index contributed by atoms with van der Waals surface area (Å²) < 4.78 is 5.13. The van der Waals surface area contributed by atoms with Crippen LogP contribution in [0.15, 0.2) is 24.3 Å². The van der Waals surface area contributed by atoms with E-state index in [0.29, 0.717) is 30.7 Å². The fourth-order valence-electron chi connectivity index (χ4n) is 2.70. The van der Waals surface area contributed by atoms with Crippen molar-refractivity contribution in [2.75, 3.05) is 11.9 Å². The summed E-state index contributed by atoms with van der Waals surface area (Å²) >= 11 is 0. The van der Waals surface area contributed by atoms with Crippen LogP contribution in [-0.4, -0.2) is 18.5 Å². The highest BCUT2D eigenvalue weighted by Crippen LogP contribution is 2.38. The molecule has 0 atom stereocenters. The van der Waals surface area contributed by atoms with Crippen LogP contribution in [0.25, 0.3) is 0 Å². The summed E-state index contributed by atoms with van der Waals surface area (Å²) in [7, 11) is 0. The molecule has 122 valence electrons. The molecule has 1 fully saturated rings. The number of anilines is 1. The number of nitrogens with zero attached hydrogens (tertiary/aromatic N) is 1. The first-order chi connectivity index (χ1) is 11.1. The first-order valence-corrected chi connectivity index (χ1v) is 8.11. The number of ether oxygens (including phenoxy) is 1. The first kappa shape index (κ1) is 17.0. The molecule has 0 radical (unpaired) electrons. The fourth-order valence-corrected chi connectivity index (χ4v) is 2.70. The van der Waals surface area contributed by atoms with Gasteiger partial charge < -0.3 is 10.1 Å². The molecule has 1 saturated carbocycles. The molecule has 0 unspecified atom stereocenters. The van der Waals surface area contributed by atoms with Gasteiger partial charge in [0.1, 0.15) is 5.41 Å². The number of amides is 1. The lowest BCUT2D eigenvalue weighted by Crippen LogP contribution is -2.32. The zero-order chi connectivity index (χ0) is 16.7. The summed E-state index contributed by atoms with van der Waals surface area (Å²) in [6, 6.07) is 8.74. The molecule has 1 aliphatic rings. The Labute approximate surface area is 136 Å². The Bertz CT molecular complexity index is 596. The van der Waals surface area contributed by atoms with E-state index in [2.05, 4.69) is 11.4 Å². The van der Waals surface area contributed by atoms with Crippen LogP contribution in [-0.2, 0) is 9.53 Å². The number of carbonyl (C=O) groups is 2. The van der Waals surface area contributed by atoms with E-state index in [-0.39, 0.29) is 11.9 Å². The number of unbranched alkanes of at least 4 members (excludes halogenated alkanes) is 1. The number of hydrogen-bond donors (Lipinski definition) is 1. The van der Waals surface area contributed by atoms with E-state index >= 15 is 0 Å². The minimum Gasteiger partial charge on any atom is -0.462 e. The maximum atomic E-state index is 12.3. The Hall–Kier alpha value is -2.35. The predicted octanol–water partition coefficient (Wildman–Crippen LogP) is 3.67. The average molecular weight is 314 g/mol. The number of rotatable bonds is 6. The van der Waals surface area contributed by atoms with E-state index in [9.17, 15) is 14.9 Å². The molecule has 5 nitrogen and oxygen atoms in total. The van der Waals surface area contributed by atoms with E-state index in [4.69, 9.17) is 4.74 Å². The van der Waals surface area contributed by atoms with E-state index in [1.807, 2.05) is 6.92 Å². The minimum absolute atomic E-state index is 0.254. The second kappa shape index (κ2) is 7.77. The standard InChI is InChI=1S/C18H22N2O3/c1-2-3-12-23-16(21)14-6-8-15(9-7-14)20-17(22)18(13-19)10-4-5-11-18/h6-9H,2-5,10-12H2,1H3,(H,20,22). The SMILES string of the molecule is CCCCOC(=O)c1ccc(NC(=O)C2(C#N)CCCC2)cc1. The molecule has 1 aromatic carbocycles. The predicted molar refractivity (Wildman–Crippen MR) is 86.8 cm³/mol. The summed E-state index contributed by atoms with van der Waals surface area (Å²) in [6.07, 6.45) is 4.84. The molecule has 2 rings (SSSR count). The zero-order valence-corrected chi connectivity index (χ0v) is 13.4. The van der Waals surface area contributed by atoms with Gasteiger partial charge in [0, 0.05) is 5.69 Å². The van der Waals surface area contributed by atoms with Crippen molar-refractivity contribution in [3.63, 3.8) is 0 Å². The number of benzene rings is 1. The largest absolute Gasteiger partial charge is 0.462 e. The fraction of sp³-hybridized carbons (Fsp3) is 0.500. The van der Waals surface area contributed by atoms with Gasteiger partial charge in [-0.25, -0.2) is 4.79 Å². The van der Waals surface area contributed by atoms with Gasteiger partial charge in [-0.1, -0.05) is 26.2 Å². The maximum absolute atomic E-state index is 12.3. The van der Waals surface area contributed by atoms with Crippen LogP contribution in [0.3, 0.4) is 0 Å². The smallest absolute Gasteiger partial charge is 0.338 e. The van der Waals surface area contributed by atoms with Crippen molar-refractivity contribution in [3.05, 3.63) is 29.8 Å². The summed E-state index contributed by atoms with van der Waals surface area (Å²) in [5.74, 6) is -0.614. The third kappa shape index (κ3) is 4.10. The van der Waals surface area contributed by atoms with Crippen molar-refractivity contribution in [1.29, 1.82) is 5.26 Å². The molecule has 1 aromatic rings. The summed E-state index contributed by atoms with van der Waals surface area (Å²) in [5.41, 5.74) is 0.134. The molecule has 0 spiro atoms. The Balaban J connectivity index is 1.96. The van der Waals surface area contributed by atoms with Crippen LogP contribution >= 0.6 is 0 Å². The van der Waals surface area contributed by atoms with Crippen molar-refractivity contribution >= 4 is 17.6 Å². The molecular formula is C18H22N2O3. The molecule has 5 heteroatoms. The van der Waals surface area contributed by atoms with Crippen molar-refractivity contribution in [1.82, 2.24) is 0 Å². The second-order valence-electron chi connectivity index (χ2n) is 5.92. The Morgan fingerprint density at radius 2 is 1.91 bits per heavy atom. The van der Waals surface area contributed by atoms with E-state index in [1.54, 1.807) is 24.3 Å². The van der Waals surface area contributed by atoms with E-state index in [1.165, 1.54) is 0 Å². The molecule has 0 aromatic heterocycles. The average Bonchev–Trinajstić information content (AvgIpc) is 3.06. The number of nitriles is 1. The molecule has 0 saturated heterocycles. The lowest BCUT2D eigenvalue weighted by atomic mass is 9.87. The Kier molecular flexibility index (Phi) is 5.75. The topological polar surface area (TPSA) is 79.2 Å². The van der Waals surface area contributed by atoms with Crippen LogP contribution in [0.5, 0.6) is 0 Å². The molecule has 0 heterocycles. The zero-order valence-electron chi connectivity index (χ0n) is 13.4. The molecule has 1 amide bonds. The molecule has 0 aliphatic heterocycles. The minimum atomic E-state index is -0.905. The van der Waals surface area contributed by atoms with Crippen molar-refractivity contribution in [2.24, 2.45) is 5.41 Å². The van der Waals surface area contributed by atoms with Gasteiger partial charge in [-0.2, -0.15) is 5.26 Å². The third-order valence-corrected chi connectivity index (χ3v) is 4.22. The van der Waals surface area contributed by atoms with Crippen molar-refractivity contribution in [3.8, 4) is 6.07 Å². The highest BCUT2D eigenvalue weighted by atomic mass is 16.5. The van der Waals surface area contributed by atoms with Gasteiger partial charge in [0.15, 0.2) is 0 Å². The van der Waals surface area contributed by atoms with Gasteiger partial charge in [-0.3, -0.25) is 4.79 Å². The number of hydrogen-bond acceptors (Lipinski definition) is 4. The quantitative estimate of drug-likeness (QED) is 0.642. The van der Waals surface area contributed by atoms with Crippen molar-refractivity contribution in [2.45, 2.75) is 45.4 Å². The highest BCUT2D eigenvalue weighted by molar-refractivity contribution is 5.98. The highest BCUT2D eigenvalue weighted by Gasteiger charge is 2.41. The number of nitrogens with one attached hydrogen (secondary N) is 1. The molecule has 1 aliphatic carbocycles. The van der Waals surface area contributed by atoms with Gasteiger partial charge in [-0.05, 0) is 43.5 Å². The molecule has 23 heavy (non-hydrogen) atoms. The van der Waals surface area contributed by atoms with E-state index in [0.717, 1.165) is 25.7 Å². The van der Waals surface area contributed by atoms with Gasteiger partial charge in [0.05, 0.1) is 18.2 Å². The summed E-state index contributed by atoms with van der Waals surface area (Å²) in [5, 5.41) is 12.1.